The second kappa shape index (κ2) is 6.47. The zero-order valence-corrected chi connectivity index (χ0v) is 13.4. The van der Waals surface area contributed by atoms with Crippen LogP contribution in [0.4, 0.5) is 0 Å². The smallest absolute Gasteiger partial charge is 0.200 e. The lowest BCUT2D eigenvalue weighted by atomic mass is 10.1. The number of hydrogen-bond donors (Lipinski definition) is 1. The molecule has 2 aromatic rings. The first-order chi connectivity index (χ1) is 9.90. The minimum atomic E-state index is -3.68. The van der Waals surface area contributed by atoms with Gasteiger partial charge in [0.25, 0.3) is 10.0 Å². The zero-order valence-electron chi connectivity index (χ0n) is 11.0. The Morgan fingerprint density at radius 1 is 1.05 bits per heavy atom. The molecule has 0 spiro atoms. The molecule has 0 aliphatic rings. The molecule has 0 saturated carbocycles. The van der Waals surface area contributed by atoms with Crippen molar-refractivity contribution < 1.29 is 8.42 Å². The standard InChI is InChI=1S/C14H12Cl2N2O2S/c1-10(11-7-8-13(15)14(16)9-11)17-18-21(19,20)12-5-3-2-4-6-12/h2-9,18H,1H3/b17-10-. The molecule has 0 bridgehead atoms. The summed E-state index contributed by atoms with van der Waals surface area (Å²) in [6.07, 6.45) is 0. The Labute approximate surface area is 133 Å². The van der Waals surface area contributed by atoms with E-state index in [1.54, 1.807) is 43.3 Å². The zero-order chi connectivity index (χ0) is 15.5. The average Bonchev–Trinajstić information content (AvgIpc) is 2.48. The summed E-state index contributed by atoms with van der Waals surface area (Å²) in [5.41, 5.74) is 1.16. The van der Waals surface area contributed by atoms with Crippen LogP contribution in [0.5, 0.6) is 0 Å². The molecule has 2 rings (SSSR count). The summed E-state index contributed by atoms with van der Waals surface area (Å²) in [5.74, 6) is 0. The number of hydrazone groups is 1. The number of sulfonamides is 1. The minimum Gasteiger partial charge on any atom is -0.200 e. The molecule has 0 saturated heterocycles. The van der Waals surface area contributed by atoms with E-state index in [4.69, 9.17) is 23.2 Å². The molecule has 110 valence electrons. The Morgan fingerprint density at radius 2 is 1.71 bits per heavy atom. The molecule has 0 atom stereocenters. The van der Waals surface area contributed by atoms with Gasteiger partial charge in [-0.25, -0.2) is 0 Å². The van der Waals surface area contributed by atoms with Gasteiger partial charge in [0, 0.05) is 0 Å². The molecule has 2 aromatic carbocycles. The molecule has 4 nitrogen and oxygen atoms in total. The average molecular weight is 343 g/mol. The van der Waals surface area contributed by atoms with Crippen LogP contribution in [0.15, 0.2) is 58.5 Å². The minimum absolute atomic E-state index is 0.149. The highest BCUT2D eigenvalue weighted by Crippen LogP contribution is 2.22. The van der Waals surface area contributed by atoms with Gasteiger partial charge < -0.3 is 0 Å². The molecule has 0 aliphatic carbocycles. The highest BCUT2D eigenvalue weighted by atomic mass is 35.5. The van der Waals surface area contributed by atoms with Crippen molar-refractivity contribution in [2.45, 2.75) is 11.8 Å². The van der Waals surface area contributed by atoms with E-state index < -0.39 is 10.0 Å². The molecule has 0 heterocycles. The SMILES string of the molecule is C/C(=N/NS(=O)(=O)c1ccccc1)c1ccc(Cl)c(Cl)c1. The molecular formula is C14H12Cl2N2O2S. The van der Waals surface area contributed by atoms with Gasteiger partial charge in [0.2, 0.25) is 0 Å². The van der Waals surface area contributed by atoms with E-state index in [1.807, 2.05) is 0 Å². The summed E-state index contributed by atoms with van der Waals surface area (Å²) in [5, 5.41) is 4.70. The molecule has 0 fully saturated rings. The van der Waals surface area contributed by atoms with Crippen molar-refractivity contribution in [3.63, 3.8) is 0 Å². The van der Waals surface area contributed by atoms with Gasteiger partial charge in [0.1, 0.15) is 0 Å². The van der Waals surface area contributed by atoms with Crippen LogP contribution >= 0.6 is 23.2 Å². The van der Waals surface area contributed by atoms with E-state index >= 15 is 0 Å². The van der Waals surface area contributed by atoms with E-state index in [1.165, 1.54) is 12.1 Å². The van der Waals surface area contributed by atoms with Gasteiger partial charge in [-0.1, -0.05) is 47.5 Å². The third-order valence-electron chi connectivity index (χ3n) is 2.72. The molecule has 7 heteroatoms. The third-order valence-corrected chi connectivity index (χ3v) is 4.69. The summed E-state index contributed by atoms with van der Waals surface area (Å²) in [7, 11) is -3.68. The Morgan fingerprint density at radius 3 is 2.33 bits per heavy atom. The van der Waals surface area contributed by atoms with Gasteiger partial charge in [-0.2, -0.15) is 18.4 Å². The number of hydrogen-bond acceptors (Lipinski definition) is 3. The summed E-state index contributed by atoms with van der Waals surface area (Å²) < 4.78 is 24.0. The fourth-order valence-electron chi connectivity index (χ4n) is 1.57. The van der Waals surface area contributed by atoms with Gasteiger partial charge in [0.15, 0.2) is 0 Å². The summed E-state index contributed by atoms with van der Waals surface area (Å²) in [6, 6.07) is 13.0. The van der Waals surface area contributed by atoms with Crippen molar-refractivity contribution in [1.82, 2.24) is 4.83 Å². The van der Waals surface area contributed by atoms with Crippen molar-refractivity contribution in [1.29, 1.82) is 0 Å². The Hall–Kier alpha value is -1.56. The molecule has 0 radical (unpaired) electrons. The lowest BCUT2D eigenvalue weighted by Crippen LogP contribution is -2.19. The predicted octanol–water partition coefficient (Wildman–Crippen LogP) is 3.70. The number of rotatable bonds is 4. The van der Waals surface area contributed by atoms with Gasteiger partial charge in [0.05, 0.1) is 20.7 Å². The largest absolute Gasteiger partial charge is 0.276 e. The first-order valence-electron chi connectivity index (χ1n) is 5.97. The van der Waals surface area contributed by atoms with E-state index in [9.17, 15) is 8.42 Å². The van der Waals surface area contributed by atoms with E-state index in [0.717, 1.165) is 0 Å². The molecule has 0 amide bonds. The van der Waals surface area contributed by atoms with Crippen molar-refractivity contribution in [3.05, 3.63) is 64.1 Å². The lowest BCUT2D eigenvalue weighted by molar-refractivity contribution is 0.584. The summed E-state index contributed by atoms with van der Waals surface area (Å²) in [6.45, 7) is 1.67. The lowest BCUT2D eigenvalue weighted by Gasteiger charge is -2.06. The quantitative estimate of drug-likeness (QED) is 0.680. The van der Waals surface area contributed by atoms with Crippen LogP contribution in [0.3, 0.4) is 0 Å². The van der Waals surface area contributed by atoms with Crippen LogP contribution in [0.1, 0.15) is 12.5 Å². The topological polar surface area (TPSA) is 58.5 Å². The van der Waals surface area contributed by atoms with Crippen LogP contribution in [0.25, 0.3) is 0 Å². The van der Waals surface area contributed by atoms with Crippen LogP contribution < -0.4 is 4.83 Å². The van der Waals surface area contributed by atoms with E-state index in [0.29, 0.717) is 21.3 Å². The van der Waals surface area contributed by atoms with Crippen molar-refractivity contribution in [2.24, 2.45) is 5.10 Å². The first-order valence-corrected chi connectivity index (χ1v) is 8.20. The van der Waals surface area contributed by atoms with E-state index in [-0.39, 0.29) is 4.90 Å². The van der Waals surface area contributed by atoms with Crippen LogP contribution in [0, 0.1) is 0 Å². The summed E-state index contributed by atoms with van der Waals surface area (Å²) in [4.78, 5) is 2.34. The molecule has 0 aromatic heterocycles. The maximum Gasteiger partial charge on any atom is 0.276 e. The number of halogens is 2. The van der Waals surface area contributed by atoms with E-state index in [2.05, 4.69) is 9.93 Å². The van der Waals surface area contributed by atoms with Gasteiger partial charge >= 0.3 is 0 Å². The first kappa shape index (κ1) is 15.8. The number of nitrogens with zero attached hydrogens (tertiary/aromatic N) is 1. The van der Waals surface area contributed by atoms with Crippen LogP contribution in [0.2, 0.25) is 10.0 Å². The molecule has 0 unspecified atom stereocenters. The maximum absolute atomic E-state index is 12.0. The summed E-state index contributed by atoms with van der Waals surface area (Å²) >= 11 is 11.7. The van der Waals surface area contributed by atoms with Gasteiger partial charge in [-0.05, 0) is 36.8 Å². The van der Waals surface area contributed by atoms with Crippen molar-refractivity contribution in [2.75, 3.05) is 0 Å². The Kier molecular flexibility index (Phi) is 4.88. The molecular weight excluding hydrogens is 331 g/mol. The van der Waals surface area contributed by atoms with Crippen LogP contribution in [-0.2, 0) is 10.0 Å². The molecule has 0 aliphatic heterocycles. The molecule has 1 N–H and O–H groups in total. The van der Waals surface area contributed by atoms with Crippen molar-refractivity contribution in [3.8, 4) is 0 Å². The fraction of sp³-hybridized carbons (Fsp3) is 0.0714. The monoisotopic (exact) mass is 342 g/mol. The number of nitrogens with one attached hydrogen (secondary N) is 1. The highest BCUT2D eigenvalue weighted by molar-refractivity contribution is 7.89. The molecule has 21 heavy (non-hydrogen) atoms. The van der Waals surface area contributed by atoms with Gasteiger partial charge in [-0.3, -0.25) is 0 Å². The second-order valence-electron chi connectivity index (χ2n) is 4.23. The highest BCUT2D eigenvalue weighted by Gasteiger charge is 2.12. The third kappa shape index (κ3) is 3.97. The van der Waals surface area contributed by atoms with Gasteiger partial charge in [-0.15, -0.1) is 0 Å². The Balaban J connectivity index is 2.22. The van der Waals surface area contributed by atoms with Crippen LogP contribution in [-0.4, -0.2) is 14.1 Å². The van der Waals surface area contributed by atoms with Crippen molar-refractivity contribution >= 4 is 38.9 Å². The fourth-order valence-corrected chi connectivity index (χ4v) is 2.74. The number of benzene rings is 2. The predicted molar refractivity (Wildman–Crippen MR) is 85.4 cm³/mol. The maximum atomic E-state index is 12.0. The Bertz CT molecular complexity index is 775. The second-order valence-corrected chi connectivity index (χ2v) is 6.71. The normalized spacial score (nSPS) is 12.2.